The molecule has 1 aromatic carbocycles. The quantitative estimate of drug-likeness (QED) is 0.650. The number of nitrogens with one attached hydrogen (secondary N) is 1. The Kier molecular flexibility index (Phi) is 5.50. The number of aryl methyl sites for hydroxylation is 3. The molecular weight excluding hydrogens is 364 g/mol. The van der Waals surface area contributed by atoms with Crippen molar-refractivity contribution >= 4 is 16.9 Å². The van der Waals surface area contributed by atoms with E-state index < -0.39 is 0 Å². The highest BCUT2D eigenvalue weighted by molar-refractivity contribution is 5.99. The van der Waals surface area contributed by atoms with Crippen molar-refractivity contribution in [2.45, 2.75) is 46.6 Å². The smallest absolute Gasteiger partial charge is 0.287 e. The van der Waals surface area contributed by atoms with Gasteiger partial charge in [-0.2, -0.15) is 0 Å². The number of fused-ring (bicyclic) bond motifs is 1. The first kappa shape index (κ1) is 19.8. The highest BCUT2D eigenvalue weighted by atomic mass is 16.3. The second-order valence-corrected chi connectivity index (χ2v) is 8.45. The molecular formula is C24H30N2O3. The lowest BCUT2D eigenvalue weighted by atomic mass is 9.97. The maximum Gasteiger partial charge on any atom is 0.287 e. The predicted octanol–water partition coefficient (Wildman–Crippen LogP) is 5.15. The summed E-state index contributed by atoms with van der Waals surface area (Å²) in [4.78, 5) is 15.4. The van der Waals surface area contributed by atoms with E-state index >= 15 is 0 Å². The van der Waals surface area contributed by atoms with Crippen LogP contribution in [0.15, 0.2) is 39.2 Å². The molecule has 1 saturated heterocycles. The van der Waals surface area contributed by atoms with Gasteiger partial charge in [0.1, 0.15) is 17.1 Å². The van der Waals surface area contributed by atoms with Gasteiger partial charge in [0.15, 0.2) is 5.76 Å². The van der Waals surface area contributed by atoms with Gasteiger partial charge in [-0.3, -0.25) is 9.69 Å². The van der Waals surface area contributed by atoms with Crippen LogP contribution >= 0.6 is 0 Å². The van der Waals surface area contributed by atoms with E-state index in [1.54, 1.807) is 0 Å². The molecule has 5 heteroatoms. The molecule has 1 amide bonds. The van der Waals surface area contributed by atoms with E-state index in [1.165, 1.54) is 12.8 Å². The topological polar surface area (TPSA) is 58.6 Å². The predicted molar refractivity (Wildman–Crippen MR) is 114 cm³/mol. The van der Waals surface area contributed by atoms with Crippen molar-refractivity contribution in [2.24, 2.45) is 5.92 Å². The van der Waals surface area contributed by atoms with Crippen molar-refractivity contribution in [3.8, 4) is 0 Å². The Bertz CT molecular complexity index is 1010. The largest absolute Gasteiger partial charge is 0.465 e. The number of piperidine rings is 1. The zero-order chi connectivity index (χ0) is 20.5. The number of amides is 1. The van der Waals surface area contributed by atoms with Gasteiger partial charge in [0.25, 0.3) is 5.91 Å². The summed E-state index contributed by atoms with van der Waals surface area (Å²) >= 11 is 0. The molecule has 1 N–H and O–H groups in total. The van der Waals surface area contributed by atoms with Crippen molar-refractivity contribution in [3.63, 3.8) is 0 Å². The lowest BCUT2D eigenvalue weighted by molar-refractivity contribution is 0.0871. The van der Waals surface area contributed by atoms with E-state index in [9.17, 15) is 4.79 Å². The van der Waals surface area contributed by atoms with Crippen molar-refractivity contribution < 1.29 is 13.6 Å². The molecule has 0 saturated carbocycles. The Morgan fingerprint density at radius 1 is 1.14 bits per heavy atom. The third kappa shape index (κ3) is 4.10. The summed E-state index contributed by atoms with van der Waals surface area (Å²) < 4.78 is 11.8. The van der Waals surface area contributed by atoms with Crippen LogP contribution in [0.5, 0.6) is 0 Å². The molecule has 5 nitrogen and oxygen atoms in total. The lowest BCUT2D eigenvalue weighted by Gasteiger charge is -2.35. The number of hydrogen-bond acceptors (Lipinski definition) is 4. The van der Waals surface area contributed by atoms with Crippen molar-refractivity contribution in [2.75, 3.05) is 19.6 Å². The maximum atomic E-state index is 12.9. The Morgan fingerprint density at radius 2 is 1.90 bits per heavy atom. The van der Waals surface area contributed by atoms with Gasteiger partial charge in [-0.1, -0.05) is 19.1 Å². The standard InChI is InChI=1S/C24H30N2O3/c1-15-9-11-26(12-10-15)20(21-8-6-17(3)28-21)14-25-24(27)23-18(4)19-7-5-16(2)13-22(19)29-23/h5-8,13,15,20H,9-12,14H2,1-4H3,(H,25,27)/t20-/m1/s1. The molecule has 3 heterocycles. The van der Waals surface area contributed by atoms with Gasteiger partial charge in [0.2, 0.25) is 0 Å². The first-order chi connectivity index (χ1) is 13.9. The minimum atomic E-state index is -0.171. The van der Waals surface area contributed by atoms with Gasteiger partial charge >= 0.3 is 0 Å². The van der Waals surface area contributed by atoms with E-state index in [1.807, 2.05) is 51.1 Å². The van der Waals surface area contributed by atoms with Crippen LogP contribution in [0.25, 0.3) is 11.0 Å². The molecule has 29 heavy (non-hydrogen) atoms. The van der Waals surface area contributed by atoms with Gasteiger partial charge in [-0.25, -0.2) is 0 Å². The molecule has 0 aliphatic carbocycles. The van der Waals surface area contributed by atoms with Crippen LogP contribution in [-0.2, 0) is 0 Å². The number of hydrogen-bond donors (Lipinski definition) is 1. The van der Waals surface area contributed by atoms with Crippen molar-refractivity contribution in [1.82, 2.24) is 10.2 Å². The SMILES string of the molecule is Cc1ccc2c(C)c(C(=O)NC[C@H](c3ccc(C)o3)N3CCC(C)CC3)oc2c1. The van der Waals surface area contributed by atoms with Crippen LogP contribution in [-0.4, -0.2) is 30.4 Å². The van der Waals surface area contributed by atoms with Crippen LogP contribution in [0.3, 0.4) is 0 Å². The fourth-order valence-corrected chi connectivity index (χ4v) is 4.20. The fourth-order valence-electron chi connectivity index (χ4n) is 4.20. The summed E-state index contributed by atoms with van der Waals surface area (Å²) in [6, 6.07) is 10.1. The average Bonchev–Trinajstić information content (AvgIpc) is 3.26. The monoisotopic (exact) mass is 394 g/mol. The van der Waals surface area contributed by atoms with Crippen molar-refractivity contribution in [1.29, 1.82) is 0 Å². The minimum absolute atomic E-state index is 0.0343. The molecule has 154 valence electrons. The second-order valence-electron chi connectivity index (χ2n) is 8.45. The van der Waals surface area contributed by atoms with Crippen LogP contribution in [0.2, 0.25) is 0 Å². The Labute approximate surface area is 172 Å². The highest BCUT2D eigenvalue weighted by Gasteiger charge is 2.28. The van der Waals surface area contributed by atoms with Gasteiger partial charge in [-0.05, 0) is 76.4 Å². The Hall–Kier alpha value is -2.53. The third-order valence-electron chi connectivity index (χ3n) is 6.10. The lowest BCUT2D eigenvalue weighted by Crippen LogP contribution is -2.41. The summed E-state index contributed by atoms with van der Waals surface area (Å²) in [5.74, 6) is 2.78. The number of benzene rings is 1. The second kappa shape index (κ2) is 8.07. The normalized spacial score (nSPS) is 17.0. The average molecular weight is 395 g/mol. The van der Waals surface area contributed by atoms with Crippen molar-refractivity contribution in [3.05, 3.63) is 58.7 Å². The fraction of sp³-hybridized carbons (Fsp3) is 0.458. The number of carbonyl (C=O) groups excluding carboxylic acids is 1. The summed E-state index contributed by atoms with van der Waals surface area (Å²) in [5, 5.41) is 4.09. The van der Waals surface area contributed by atoms with Gasteiger partial charge in [-0.15, -0.1) is 0 Å². The van der Waals surface area contributed by atoms with E-state index in [0.29, 0.717) is 12.3 Å². The summed E-state index contributed by atoms with van der Waals surface area (Å²) in [6.07, 6.45) is 2.35. The number of rotatable bonds is 5. The Balaban J connectivity index is 1.52. The zero-order valence-electron chi connectivity index (χ0n) is 17.7. The molecule has 4 rings (SSSR count). The third-order valence-corrected chi connectivity index (χ3v) is 6.10. The highest BCUT2D eigenvalue weighted by Crippen LogP contribution is 2.29. The van der Waals surface area contributed by atoms with Crippen LogP contribution in [0, 0.1) is 26.7 Å². The number of likely N-dealkylation sites (tertiary alicyclic amines) is 1. The number of furan rings is 2. The molecule has 0 radical (unpaired) electrons. The number of nitrogens with zero attached hydrogens (tertiary/aromatic N) is 1. The molecule has 1 aliphatic heterocycles. The van der Waals surface area contributed by atoms with Gasteiger partial charge in [0.05, 0.1) is 6.04 Å². The molecule has 0 unspecified atom stereocenters. The molecule has 0 spiro atoms. The van der Waals surface area contributed by atoms with Gasteiger partial charge < -0.3 is 14.2 Å². The summed E-state index contributed by atoms with van der Waals surface area (Å²) in [6.45, 7) is 10.8. The molecule has 0 bridgehead atoms. The Morgan fingerprint density at radius 3 is 2.59 bits per heavy atom. The molecule has 3 aromatic rings. The number of carbonyl (C=O) groups is 1. The van der Waals surface area contributed by atoms with Crippen LogP contribution < -0.4 is 5.32 Å². The maximum absolute atomic E-state index is 12.9. The van der Waals surface area contributed by atoms with Gasteiger partial charge in [0, 0.05) is 17.5 Å². The van der Waals surface area contributed by atoms with E-state index in [-0.39, 0.29) is 11.9 Å². The van der Waals surface area contributed by atoms with E-state index in [4.69, 9.17) is 8.83 Å². The molecule has 1 aliphatic rings. The first-order valence-corrected chi connectivity index (χ1v) is 10.5. The van der Waals surface area contributed by atoms with E-state index in [2.05, 4.69) is 17.1 Å². The molecule has 1 atom stereocenters. The first-order valence-electron chi connectivity index (χ1n) is 10.5. The summed E-state index contributed by atoms with van der Waals surface area (Å²) in [7, 11) is 0. The van der Waals surface area contributed by atoms with Crippen LogP contribution in [0.1, 0.15) is 59.0 Å². The molecule has 1 fully saturated rings. The summed E-state index contributed by atoms with van der Waals surface area (Å²) in [5.41, 5.74) is 2.76. The van der Waals surface area contributed by atoms with Crippen LogP contribution in [0.4, 0.5) is 0 Å². The molecule has 2 aromatic heterocycles. The van der Waals surface area contributed by atoms with E-state index in [0.717, 1.165) is 52.6 Å². The minimum Gasteiger partial charge on any atom is -0.465 e. The zero-order valence-corrected chi connectivity index (χ0v) is 17.7.